The van der Waals surface area contributed by atoms with Gasteiger partial charge in [-0.2, -0.15) is 11.3 Å². The molecule has 0 aromatic carbocycles. The van der Waals surface area contributed by atoms with Gasteiger partial charge in [-0.25, -0.2) is 0 Å². The molecule has 3 rings (SSSR count). The number of aryl methyl sites for hydroxylation is 1. The highest BCUT2D eigenvalue weighted by Crippen LogP contribution is 2.31. The normalized spacial score (nSPS) is 13.7. The first-order valence-electron chi connectivity index (χ1n) is 6.72. The van der Waals surface area contributed by atoms with Gasteiger partial charge >= 0.3 is 0 Å². The fourth-order valence-corrected chi connectivity index (χ4v) is 3.73. The van der Waals surface area contributed by atoms with Crippen molar-refractivity contribution in [1.82, 2.24) is 5.32 Å². The van der Waals surface area contributed by atoms with Gasteiger partial charge < -0.3 is 14.8 Å². The van der Waals surface area contributed by atoms with E-state index in [0.717, 1.165) is 5.56 Å². The van der Waals surface area contributed by atoms with Gasteiger partial charge in [0.15, 0.2) is 5.60 Å². The predicted octanol–water partition coefficient (Wildman–Crippen LogP) is 3.38. The minimum Gasteiger partial charge on any atom is -0.466 e. The molecule has 0 saturated carbocycles. The van der Waals surface area contributed by atoms with Crippen molar-refractivity contribution >= 4 is 28.6 Å². The zero-order valence-electron chi connectivity index (χ0n) is 11.9. The summed E-state index contributed by atoms with van der Waals surface area (Å²) in [5.74, 6) is 0.215. The quantitative estimate of drug-likeness (QED) is 0.752. The Morgan fingerprint density at radius 2 is 2.27 bits per heavy atom. The Hall–Kier alpha value is -1.89. The maximum absolute atomic E-state index is 12.2. The molecule has 6 heteroatoms. The monoisotopic (exact) mass is 333 g/mol. The molecule has 0 aliphatic heterocycles. The summed E-state index contributed by atoms with van der Waals surface area (Å²) in [5, 5.41) is 19.5. The number of hydrogen-bond acceptors (Lipinski definition) is 5. The van der Waals surface area contributed by atoms with Gasteiger partial charge in [0.05, 0.1) is 17.7 Å². The Bertz CT molecular complexity index is 710. The largest absolute Gasteiger partial charge is 0.466 e. The summed E-state index contributed by atoms with van der Waals surface area (Å²) in [5.41, 5.74) is 0.384. The SMILES string of the molecule is Cc1csc(C(=O)NC[C@@](O)(c2ccsc2)c2ccco2)c1. The van der Waals surface area contributed by atoms with Crippen LogP contribution in [-0.4, -0.2) is 17.6 Å². The average molecular weight is 333 g/mol. The maximum atomic E-state index is 12.2. The molecule has 0 radical (unpaired) electrons. The van der Waals surface area contributed by atoms with Crippen molar-refractivity contribution in [3.8, 4) is 0 Å². The molecule has 0 unspecified atom stereocenters. The van der Waals surface area contributed by atoms with E-state index in [1.165, 1.54) is 28.9 Å². The lowest BCUT2D eigenvalue weighted by atomic mass is 9.93. The van der Waals surface area contributed by atoms with Crippen LogP contribution in [-0.2, 0) is 5.60 Å². The fourth-order valence-electron chi connectivity index (χ4n) is 2.19. The summed E-state index contributed by atoms with van der Waals surface area (Å²) in [6, 6.07) is 7.08. The number of carbonyl (C=O) groups excluding carboxylic acids is 1. The molecule has 0 aliphatic carbocycles. The van der Waals surface area contributed by atoms with Gasteiger partial charge in [-0.3, -0.25) is 4.79 Å². The van der Waals surface area contributed by atoms with Crippen molar-refractivity contribution in [2.75, 3.05) is 6.54 Å². The van der Waals surface area contributed by atoms with Crippen LogP contribution in [0.2, 0.25) is 0 Å². The third-order valence-corrected chi connectivity index (χ3v) is 5.12. The Labute approximate surface area is 136 Å². The van der Waals surface area contributed by atoms with E-state index >= 15 is 0 Å². The first kappa shape index (κ1) is 15.0. The number of nitrogens with one attached hydrogen (secondary N) is 1. The minimum atomic E-state index is -1.37. The molecule has 0 aliphatic rings. The van der Waals surface area contributed by atoms with Crippen molar-refractivity contribution in [2.45, 2.75) is 12.5 Å². The Morgan fingerprint density at radius 1 is 1.41 bits per heavy atom. The molecule has 3 aromatic rings. The Balaban J connectivity index is 1.81. The highest BCUT2D eigenvalue weighted by atomic mass is 32.1. The highest BCUT2D eigenvalue weighted by molar-refractivity contribution is 7.12. The molecule has 0 spiro atoms. The van der Waals surface area contributed by atoms with E-state index in [4.69, 9.17) is 4.42 Å². The molecular formula is C16H15NO3S2. The third-order valence-electron chi connectivity index (χ3n) is 3.39. The van der Waals surface area contributed by atoms with Crippen molar-refractivity contribution < 1.29 is 14.3 Å². The zero-order chi connectivity index (χ0) is 15.6. The van der Waals surface area contributed by atoms with Crippen molar-refractivity contribution in [3.63, 3.8) is 0 Å². The zero-order valence-corrected chi connectivity index (χ0v) is 13.5. The molecule has 1 amide bonds. The van der Waals surface area contributed by atoms with Gasteiger partial charge in [0.1, 0.15) is 5.76 Å². The number of aliphatic hydroxyl groups is 1. The molecule has 0 fully saturated rings. The lowest BCUT2D eigenvalue weighted by Crippen LogP contribution is -2.41. The number of amides is 1. The van der Waals surface area contributed by atoms with Crippen LogP contribution in [0.3, 0.4) is 0 Å². The molecular weight excluding hydrogens is 318 g/mol. The van der Waals surface area contributed by atoms with Crippen LogP contribution in [0.25, 0.3) is 0 Å². The molecule has 1 atom stereocenters. The van der Waals surface area contributed by atoms with Gasteiger partial charge in [0.25, 0.3) is 5.91 Å². The number of thiophene rings is 2. The smallest absolute Gasteiger partial charge is 0.261 e. The lowest BCUT2D eigenvalue weighted by Gasteiger charge is -2.25. The van der Waals surface area contributed by atoms with E-state index in [0.29, 0.717) is 16.2 Å². The fraction of sp³-hybridized carbons (Fsp3) is 0.188. The van der Waals surface area contributed by atoms with Gasteiger partial charge in [0.2, 0.25) is 0 Å². The molecule has 0 saturated heterocycles. The van der Waals surface area contributed by atoms with E-state index in [2.05, 4.69) is 5.32 Å². The predicted molar refractivity (Wildman–Crippen MR) is 87.4 cm³/mol. The number of rotatable bonds is 5. The molecule has 114 valence electrons. The average Bonchev–Trinajstić information content (AvgIpc) is 3.24. The highest BCUT2D eigenvalue weighted by Gasteiger charge is 2.35. The molecule has 2 N–H and O–H groups in total. The summed E-state index contributed by atoms with van der Waals surface area (Å²) in [7, 11) is 0. The van der Waals surface area contributed by atoms with E-state index < -0.39 is 5.60 Å². The summed E-state index contributed by atoms with van der Waals surface area (Å²) < 4.78 is 5.37. The van der Waals surface area contributed by atoms with Crippen LogP contribution in [0.4, 0.5) is 0 Å². The van der Waals surface area contributed by atoms with Crippen LogP contribution in [0, 0.1) is 6.92 Å². The number of furan rings is 1. The van der Waals surface area contributed by atoms with Gasteiger partial charge in [0, 0.05) is 5.56 Å². The maximum Gasteiger partial charge on any atom is 0.261 e. The summed E-state index contributed by atoms with van der Waals surface area (Å²) in [4.78, 5) is 12.8. The molecule has 4 nitrogen and oxygen atoms in total. The van der Waals surface area contributed by atoms with Crippen LogP contribution in [0.5, 0.6) is 0 Å². The summed E-state index contributed by atoms with van der Waals surface area (Å²) in [6.07, 6.45) is 1.51. The standard InChI is InChI=1S/C16H15NO3S2/c1-11-7-13(22-8-11)15(18)17-10-16(19,12-4-6-21-9-12)14-3-2-5-20-14/h2-9,19H,10H2,1H3,(H,17,18)/t16-/m1/s1. The van der Waals surface area contributed by atoms with Crippen LogP contribution >= 0.6 is 22.7 Å². The van der Waals surface area contributed by atoms with Gasteiger partial charge in [-0.1, -0.05) is 0 Å². The second kappa shape index (κ2) is 6.08. The van der Waals surface area contributed by atoms with Crippen LogP contribution in [0.1, 0.15) is 26.6 Å². The molecule has 0 bridgehead atoms. The first-order valence-corrected chi connectivity index (χ1v) is 8.54. The van der Waals surface area contributed by atoms with Crippen molar-refractivity contribution in [3.05, 3.63) is 68.4 Å². The minimum absolute atomic E-state index is 0.0486. The lowest BCUT2D eigenvalue weighted by molar-refractivity contribution is 0.0530. The Kier molecular flexibility index (Phi) is 4.15. The van der Waals surface area contributed by atoms with E-state index in [1.807, 2.05) is 35.2 Å². The van der Waals surface area contributed by atoms with Gasteiger partial charge in [-0.05, 0) is 52.9 Å². The first-order chi connectivity index (χ1) is 10.6. The van der Waals surface area contributed by atoms with Crippen LogP contribution < -0.4 is 5.32 Å². The van der Waals surface area contributed by atoms with Crippen LogP contribution in [0.15, 0.2) is 51.1 Å². The third kappa shape index (κ3) is 2.85. The van der Waals surface area contributed by atoms with Crippen molar-refractivity contribution in [2.24, 2.45) is 0 Å². The van der Waals surface area contributed by atoms with Gasteiger partial charge in [-0.15, -0.1) is 11.3 Å². The second-order valence-corrected chi connectivity index (χ2v) is 6.71. The summed E-state index contributed by atoms with van der Waals surface area (Å²) >= 11 is 2.87. The summed E-state index contributed by atoms with van der Waals surface area (Å²) in [6.45, 7) is 1.99. The van der Waals surface area contributed by atoms with E-state index in [1.54, 1.807) is 12.1 Å². The molecule has 3 aromatic heterocycles. The number of carbonyl (C=O) groups is 1. The molecule has 22 heavy (non-hydrogen) atoms. The van der Waals surface area contributed by atoms with Crippen molar-refractivity contribution in [1.29, 1.82) is 0 Å². The van der Waals surface area contributed by atoms with E-state index in [-0.39, 0.29) is 12.5 Å². The second-order valence-electron chi connectivity index (χ2n) is 5.02. The number of hydrogen-bond donors (Lipinski definition) is 2. The van der Waals surface area contributed by atoms with E-state index in [9.17, 15) is 9.90 Å². The molecule has 3 heterocycles. The topological polar surface area (TPSA) is 62.5 Å². The Morgan fingerprint density at radius 3 is 2.86 bits per heavy atom.